The second kappa shape index (κ2) is 4.97. The van der Waals surface area contributed by atoms with Gasteiger partial charge in [-0.2, -0.15) is 0 Å². The van der Waals surface area contributed by atoms with Crippen LogP contribution in [0.1, 0.15) is 6.92 Å². The molecule has 0 amide bonds. The topological polar surface area (TPSA) is 26.3 Å². The summed E-state index contributed by atoms with van der Waals surface area (Å²) < 4.78 is 4.57. The molecule has 0 bridgehead atoms. The van der Waals surface area contributed by atoms with Gasteiger partial charge in [0.05, 0.1) is 6.61 Å². The lowest BCUT2D eigenvalue weighted by Crippen LogP contribution is -2.01. The van der Waals surface area contributed by atoms with Crippen LogP contribution in [0.4, 0.5) is 0 Å². The lowest BCUT2D eigenvalue weighted by atomic mass is 10.8. The normalized spacial score (nSPS) is 8.75. The summed E-state index contributed by atoms with van der Waals surface area (Å²) >= 11 is 1.35. The standard InChI is InChI=1S/C5H9O2S/c1-3-7-5(6)4-8-2/h4H,3H2,1-2H3. The van der Waals surface area contributed by atoms with E-state index in [1.165, 1.54) is 17.5 Å². The largest absolute Gasteiger partial charge is 0.465 e. The van der Waals surface area contributed by atoms with Gasteiger partial charge in [0.15, 0.2) is 0 Å². The molecule has 0 spiro atoms. The van der Waals surface area contributed by atoms with E-state index in [9.17, 15) is 4.79 Å². The van der Waals surface area contributed by atoms with Crippen LogP contribution in [0.5, 0.6) is 0 Å². The lowest BCUT2D eigenvalue weighted by Gasteiger charge is -1.95. The highest BCUT2D eigenvalue weighted by molar-refractivity contribution is 8.01. The zero-order valence-electron chi connectivity index (χ0n) is 5.01. The minimum absolute atomic E-state index is 0.250. The molecule has 3 heteroatoms. The molecule has 0 saturated carbocycles. The zero-order chi connectivity index (χ0) is 6.41. The molecular formula is C5H9O2S. The summed E-state index contributed by atoms with van der Waals surface area (Å²) in [6.45, 7) is 2.24. The lowest BCUT2D eigenvalue weighted by molar-refractivity contribution is -0.137. The number of hydrogen-bond donors (Lipinski definition) is 0. The molecule has 0 fully saturated rings. The van der Waals surface area contributed by atoms with Crippen molar-refractivity contribution in [3.8, 4) is 0 Å². The summed E-state index contributed by atoms with van der Waals surface area (Å²) in [5.74, 6) is 1.18. The Bertz CT molecular complexity index is 64.8. The monoisotopic (exact) mass is 133 g/mol. The summed E-state index contributed by atoms with van der Waals surface area (Å²) in [6.07, 6.45) is 1.82. The van der Waals surface area contributed by atoms with Gasteiger partial charge in [0, 0.05) is 0 Å². The molecular weight excluding hydrogens is 124 g/mol. The van der Waals surface area contributed by atoms with Gasteiger partial charge < -0.3 is 4.74 Å². The van der Waals surface area contributed by atoms with Gasteiger partial charge in [-0.15, -0.1) is 11.8 Å². The van der Waals surface area contributed by atoms with Gasteiger partial charge in [-0.1, -0.05) is 0 Å². The Kier molecular flexibility index (Phi) is 4.85. The highest BCUT2D eigenvalue weighted by Crippen LogP contribution is 1.98. The number of esters is 1. The second-order valence-corrected chi connectivity index (χ2v) is 1.81. The Labute approximate surface area is 53.6 Å². The van der Waals surface area contributed by atoms with Crippen molar-refractivity contribution in [2.45, 2.75) is 6.92 Å². The maximum Gasteiger partial charge on any atom is 0.320 e. The number of rotatable bonds is 3. The van der Waals surface area contributed by atoms with E-state index < -0.39 is 0 Å². The van der Waals surface area contributed by atoms with Crippen molar-refractivity contribution in [3.63, 3.8) is 0 Å². The van der Waals surface area contributed by atoms with Crippen LogP contribution < -0.4 is 0 Å². The number of carbonyl (C=O) groups excluding carboxylic acids is 1. The van der Waals surface area contributed by atoms with E-state index in [2.05, 4.69) is 4.74 Å². The molecule has 2 nitrogen and oxygen atoms in total. The maximum absolute atomic E-state index is 10.3. The predicted octanol–water partition coefficient (Wildman–Crippen LogP) is 1.07. The molecule has 0 aliphatic carbocycles. The Morgan fingerprint density at radius 2 is 2.50 bits per heavy atom. The van der Waals surface area contributed by atoms with Gasteiger partial charge in [-0.25, -0.2) is 0 Å². The molecule has 8 heavy (non-hydrogen) atoms. The van der Waals surface area contributed by atoms with Gasteiger partial charge in [0.2, 0.25) is 0 Å². The van der Waals surface area contributed by atoms with Crippen LogP contribution in [0.2, 0.25) is 0 Å². The van der Waals surface area contributed by atoms with Crippen molar-refractivity contribution in [3.05, 3.63) is 5.75 Å². The van der Waals surface area contributed by atoms with Gasteiger partial charge >= 0.3 is 5.97 Å². The molecule has 0 aliphatic heterocycles. The third kappa shape index (κ3) is 3.99. The fourth-order valence-corrected chi connectivity index (χ4v) is 0.533. The first-order valence-electron chi connectivity index (χ1n) is 2.34. The average Bonchev–Trinajstić information content (AvgIpc) is 1.68. The Morgan fingerprint density at radius 3 is 2.88 bits per heavy atom. The highest BCUT2D eigenvalue weighted by Gasteiger charge is 1.96. The number of carbonyl (C=O) groups is 1. The molecule has 1 radical (unpaired) electrons. The minimum Gasteiger partial charge on any atom is -0.465 e. The molecule has 0 aliphatic rings. The van der Waals surface area contributed by atoms with Crippen molar-refractivity contribution < 1.29 is 9.53 Å². The third-order valence-electron chi connectivity index (χ3n) is 0.501. The summed E-state index contributed by atoms with van der Waals surface area (Å²) in [4.78, 5) is 10.3. The van der Waals surface area contributed by atoms with E-state index in [1.807, 2.05) is 6.26 Å². The van der Waals surface area contributed by atoms with Crippen LogP contribution in [-0.4, -0.2) is 18.8 Å². The van der Waals surface area contributed by atoms with E-state index in [1.54, 1.807) is 6.92 Å². The molecule has 0 aromatic heterocycles. The van der Waals surface area contributed by atoms with Gasteiger partial charge in [0.25, 0.3) is 0 Å². The maximum atomic E-state index is 10.3. The van der Waals surface area contributed by atoms with Crippen LogP contribution in [0.3, 0.4) is 0 Å². The predicted molar refractivity (Wildman–Crippen MR) is 34.4 cm³/mol. The molecule has 0 heterocycles. The van der Waals surface area contributed by atoms with E-state index >= 15 is 0 Å². The minimum atomic E-state index is -0.250. The number of hydrogen-bond acceptors (Lipinski definition) is 3. The van der Waals surface area contributed by atoms with Gasteiger partial charge in [-0.3, -0.25) is 4.79 Å². The van der Waals surface area contributed by atoms with Crippen molar-refractivity contribution in [2.75, 3.05) is 12.9 Å². The van der Waals surface area contributed by atoms with Crippen molar-refractivity contribution in [1.82, 2.24) is 0 Å². The fourth-order valence-electron chi connectivity index (χ4n) is 0.273. The smallest absolute Gasteiger partial charge is 0.320 e. The SMILES string of the molecule is CCOC(=O)[CH]SC. The Morgan fingerprint density at radius 1 is 1.88 bits per heavy atom. The molecule has 0 atom stereocenters. The quantitative estimate of drug-likeness (QED) is 0.539. The molecule has 0 rings (SSSR count). The number of thioether (sulfide) groups is 1. The van der Waals surface area contributed by atoms with Gasteiger partial charge in [0.1, 0.15) is 5.75 Å². The summed E-state index contributed by atoms with van der Waals surface area (Å²) in [7, 11) is 0. The first-order chi connectivity index (χ1) is 3.81. The van der Waals surface area contributed by atoms with E-state index in [0.717, 1.165) is 0 Å². The van der Waals surface area contributed by atoms with Crippen LogP contribution in [0.15, 0.2) is 0 Å². The van der Waals surface area contributed by atoms with E-state index in [4.69, 9.17) is 0 Å². The molecule has 0 N–H and O–H groups in total. The highest BCUT2D eigenvalue weighted by atomic mass is 32.2. The van der Waals surface area contributed by atoms with Crippen molar-refractivity contribution in [2.24, 2.45) is 0 Å². The Balaban J connectivity index is 3.06. The first-order valence-corrected chi connectivity index (χ1v) is 3.62. The average molecular weight is 133 g/mol. The third-order valence-corrected chi connectivity index (χ3v) is 0.929. The second-order valence-electron chi connectivity index (χ2n) is 1.11. The van der Waals surface area contributed by atoms with Crippen molar-refractivity contribution in [1.29, 1.82) is 0 Å². The molecule has 0 aromatic carbocycles. The van der Waals surface area contributed by atoms with Crippen LogP contribution in [0, 0.1) is 5.75 Å². The van der Waals surface area contributed by atoms with E-state index in [0.29, 0.717) is 6.61 Å². The van der Waals surface area contributed by atoms with Crippen LogP contribution >= 0.6 is 11.8 Å². The zero-order valence-corrected chi connectivity index (χ0v) is 5.83. The first kappa shape index (κ1) is 7.82. The summed E-state index contributed by atoms with van der Waals surface area (Å²) in [5, 5.41) is 0. The van der Waals surface area contributed by atoms with Crippen LogP contribution in [0.25, 0.3) is 0 Å². The molecule has 0 saturated heterocycles. The Hall–Kier alpha value is -0.180. The van der Waals surface area contributed by atoms with Crippen molar-refractivity contribution >= 4 is 17.7 Å². The fraction of sp³-hybridized carbons (Fsp3) is 0.600. The summed E-state index contributed by atoms with van der Waals surface area (Å²) in [6, 6.07) is 0. The molecule has 0 aromatic rings. The molecule has 47 valence electrons. The molecule has 0 unspecified atom stereocenters. The summed E-state index contributed by atoms with van der Waals surface area (Å²) in [5.41, 5.74) is 0. The van der Waals surface area contributed by atoms with Gasteiger partial charge in [-0.05, 0) is 13.2 Å². The number of ether oxygens (including phenoxy) is 1. The van der Waals surface area contributed by atoms with Crippen LogP contribution in [-0.2, 0) is 9.53 Å². The van der Waals surface area contributed by atoms with E-state index in [-0.39, 0.29) is 5.97 Å².